The van der Waals surface area contributed by atoms with Crippen molar-refractivity contribution in [2.24, 2.45) is 0 Å². The van der Waals surface area contributed by atoms with Gasteiger partial charge in [-0.3, -0.25) is 4.90 Å². The predicted octanol–water partition coefficient (Wildman–Crippen LogP) is 1.30. The van der Waals surface area contributed by atoms with Crippen molar-refractivity contribution in [2.45, 2.75) is 22.2 Å². The smallest absolute Gasteiger partial charge is 0.183 e. The number of hydrogen-bond acceptors (Lipinski definition) is 8. The van der Waals surface area contributed by atoms with Gasteiger partial charge in [-0.05, 0) is 29.8 Å². The maximum Gasteiger partial charge on any atom is 0.183 e. The van der Waals surface area contributed by atoms with Crippen LogP contribution in [0.4, 0.5) is 0 Å². The second-order valence-electron chi connectivity index (χ2n) is 8.43. The third kappa shape index (κ3) is 5.58. The molecular formula is C23H30N2O6S2. The van der Waals surface area contributed by atoms with Crippen molar-refractivity contribution < 1.29 is 26.3 Å². The average molecular weight is 495 g/mol. The summed E-state index contributed by atoms with van der Waals surface area (Å²) in [4.78, 5) is 2.43. The Hall–Kier alpha value is -1.98. The predicted molar refractivity (Wildman–Crippen MR) is 126 cm³/mol. The quantitative estimate of drug-likeness (QED) is 0.586. The molecule has 1 N–H and O–H groups in total. The van der Waals surface area contributed by atoms with Crippen LogP contribution in [-0.4, -0.2) is 84.5 Å². The highest BCUT2D eigenvalue weighted by Crippen LogP contribution is 2.28. The number of nitrogens with zero attached hydrogens (tertiary/aromatic N) is 1. The van der Waals surface area contributed by atoms with Gasteiger partial charge in [0.05, 0.1) is 42.0 Å². The van der Waals surface area contributed by atoms with Crippen LogP contribution in [-0.2, 0) is 24.4 Å². The lowest BCUT2D eigenvalue weighted by atomic mass is 10.0. The van der Waals surface area contributed by atoms with Crippen LogP contribution in [0.2, 0.25) is 0 Å². The lowest BCUT2D eigenvalue weighted by Crippen LogP contribution is -2.48. The molecule has 0 radical (unpaired) electrons. The van der Waals surface area contributed by atoms with Crippen molar-refractivity contribution in [1.82, 2.24) is 10.2 Å². The SMILES string of the molecule is COc1ccc(C(CN[C@H]2CS(=O)(=O)C[C@@H]2S(=O)(=O)c2ccccc2)N2CCOCC2)cc1. The van der Waals surface area contributed by atoms with Gasteiger partial charge in [-0.1, -0.05) is 30.3 Å². The Morgan fingerprint density at radius 3 is 2.36 bits per heavy atom. The second-order valence-corrected chi connectivity index (χ2v) is 12.7. The van der Waals surface area contributed by atoms with Crippen LogP contribution in [0.1, 0.15) is 11.6 Å². The molecule has 2 heterocycles. The summed E-state index contributed by atoms with van der Waals surface area (Å²) in [5.74, 6) is 0.192. The van der Waals surface area contributed by atoms with E-state index in [1.54, 1.807) is 25.3 Å². The largest absolute Gasteiger partial charge is 0.497 e. The molecule has 8 nitrogen and oxygen atoms in total. The molecule has 0 aromatic heterocycles. The minimum Gasteiger partial charge on any atom is -0.497 e. The van der Waals surface area contributed by atoms with E-state index in [-0.39, 0.29) is 22.4 Å². The van der Waals surface area contributed by atoms with Crippen LogP contribution in [0.25, 0.3) is 0 Å². The molecule has 10 heteroatoms. The van der Waals surface area contributed by atoms with Gasteiger partial charge < -0.3 is 14.8 Å². The van der Waals surface area contributed by atoms with Gasteiger partial charge in [-0.25, -0.2) is 16.8 Å². The molecule has 0 saturated carbocycles. The zero-order valence-electron chi connectivity index (χ0n) is 18.6. The summed E-state index contributed by atoms with van der Waals surface area (Å²) in [6, 6.07) is 15.1. The van der Waals surface area contributed by atoms with Crippen LogP contribution in [0.15, 0.2) is 59.5 Å². The van der Waals surface area contributed by atoms with Crippen LogP contribution >= 0.6 is 0 Å². The molecule has 2 aromatic carbocycles. The minimum atomic E-state index is -3.80. The third-order valence-corrected chi connectivity index (χ3v) is 10.5. The van der Waals surface area contributed by atoms with Gasteiger partial charge in [0.15, 0.2) is 19.7 Å². The normalized spacial score (nSPS) is 24.4. The first-order valence-corrected chi connectivity index (χ1v) is 14.4. The van der Waals surface area contributed by atoms with Gasteiger partial charge in [0.25, 0.3) is 0 Å². The highest BCUT2D eigenvalue weighted by atomic mass is 32.2. The van der Waals surface area contributed by atoms with E-state index in [1.807, 2.05) is 24.3 Å². The molecule has 2 aromatic rings. The lowest BCUT2D eigenvalue weighted by Gasteiger charge is -2.36. The number of methoxy groups -OCH3 is 1. The number of benzene rings is 2. The molecule has 2 aliphatic heterocycles. The number of sulfone groups is 2. The summed E-state index contributed by atoms with van der Waals surface area (Å²) >= 11 is 0. The van der Waals surface area contributed by atoms with Crippen molar-refractivity contribution >= 4 is 19.7 Å². The van der Waals surface area contributed by atoms with E-state index in [0.29, 0.717) is 19.8 Å². The Balaban J connectivity index is 1.57. The van der Waals surface area contributed by atoms with Gasteiger partial charge in [-0.2, -0.15) is 0 Å². The molecule has 3 atom stereocenters. The van der Waals surface area contributed by atoms with E-state index < -0.39 is 31.0 Å². The standard InChI is InChI=1S/C23H30N2O6S2/c1-30-19-9-7-18(8-10-19)22(25-11-13-31-14-12-25)15-24-21-16-32(26,27)17-23(21)33(28,29)20-5-3-2-4-6-20/h2-10,21-24H,11-17H2,1H3/t21-,22?,23-/m0/s1. The lowest BCUT2D eigenvalue weighted by molar-refractivity contribution is 0.0158. The van der Waals surface area contributed by atoms with E-state index in [1.165, 1.54) is 12.1 Å². The molecule has 0 amide bonds. The molecule has 2 saturated heterocycles. The number of hydrogen-bond donors (Lipinski definition) is 1. The zero-order chi connectivity index (χ0) is 23.5. The maximum atomic E-state index is 13.3. The summed E-state index contributed by atoms with van der Waals surface area (Å²) in [6.45, 7) is 3.15. The Morgan fingerprint density at radius 2 is 1.73 bits per heavy atom. The second kappa shape index (κ2) is 10.1. The fourth-order valence-corrected chi connectivity index (χ4v) is 9.27. The Kier molecular flexibility index (Phi) is 7.40. The molecule has 2 aliphatic rings. The van der Waals surface area contributed by atoms with Gasteiger partial charge in [-0.15, -0.1) is 0 Å². The van der Waals surface area contributed by atoms with Crippen molar-refractivity contribution in [2.75, 3.05) is 51.5 Å². The Labute approximate surface area is 195 Å². The first-order valence-electron chi connectivity index (χ1n) is 11.0. The first kappa shape index (κ1) is 24.2. The van der Waals surface area contributed by atoms with Gasteiger partial charge in [0.2, 0.25) is 0 Å². The molecule has 0 bridgehead atoms. The zero-order valence-corrected chi connectivity index (χ0v) is 20.2. The molecule has 0 aliphatic carbocycles. The molecule has 33 heavy (non-hydrogen) atoms. The average Bonchev–Trinajstić information content (AvgIpc) is 3.16. The number of rotatable bonds is 8. The van der Waals surface area contributed by atoms with Gasteiger partial charge in [0, 0.05) is 31.7 Å². The van der Waals surface area contributed by atoms with Crippen LogP contribution in [0.5, 0.6) is 5.75 Å². The van der Waals surface area contributed by atoms with E-state index in [4.69, 9.17) is 9.47 Å². The highest BCUT2D eigenvalue weighted by molar-refractivity contribution is 7.96. The van der Waals surface area contributed by atoms with E-state index in [9.17, 15) is 16.8 Å². The Morgan fingerprint density at radius 1 is 1.06 bits per heavy atom. The molecule has 4 rings (SSSR count). The molecule has 2 fully saturated rings. The topological polar surface area (TPSA) is 102 Å². The van der Waals surface area contributed by atoms with Crippen LogP contribution in [0, 0.1) is 0 Å². The third-order valence-electron chi connectivity index (χ3n) is 6.33. The molecular weight excluding hydrogens is 464 g/mol. The highest BCUT2D eigenvalue weighted by Gasteiger charge is 2.46. The summed E-state index contributed by atoms with van der Waals surface area (Å²) in [7, 11) is -5.66. The number of morpholine rings is 1. The van der Waals surface area contributed by atoms with Gasteiger partial charge >= 0.3 is 0 Å². The molecule has 1 unspecified atom stereocenters. The fourth-order valence-electron chi connectivity index (χ4n) is 4.53. The summed E-state index contributed by atoms with van der Waals surface area (Å²) in [6.07, 6.45) is 0. The van der Waals surface area contributed by atoms with Crippen molar-refractivity contribution in [3.63, 3.8) is 0 Å². The first-order chi connectivity index (χ1) is 15.8. The monoisotopic (exact) mass is 494 g/mol. The van der Waals surface area contributed by atoms with Crippen molar-refractivity contribution in [3.05, 3.63) is 60.2 Å². The van der Waals surface area contributed by atoms with Crippen LogP contribution in [0.3, 0.4) is 0 Å². The van der Waals surface area contributed by atoms with E-state index in [2.05, 4.69) is 10.2 Å². The Bertz CT molecular complexity index is 1130. The van der Waals surface area contributed by atoms with E-state index >= 15 is 0 Å². The van der Waals surface area contributed by atoms with E-state index in [0.717, 1.165) is 24.4 Å². The maximum absolute atomic E-state index is 13.3. The van der Waals surface area contributed by atoms with Crippen molar-refractivity contribution in [1.29, 1.82) is 0 Å². The fraction of sp³-hybridized carbons (Fsp3) is 0.478. The molecule has 0 spiro atoms. The van der Waals surface area contributed by atoms with Crippen LogP contribution < -0.4 is 10.1 Å². The summed E-state index contributed by atoms with van der Waals surface area (Å²) in [5.41, 5.74) is 1.05. The van der Waals surface area contributed by atoms with Gasteiger partial charge in [0.1, 0.15) is 5.75 Å². The number of nitrogens with one attached hydrogen (secondary N) is 1. The molecule has 180 valence electrons. The summed E-state index contributed by atoms with van der Waals surface area (Å²) < 4.78 is 62.3. The minimum absolute atomic E-state index is 0.0526. The number of ether oxygens (including phenoxy) is 2. The summed E-state index contributed by atoms with van der Waals surface area (Å²) in [5, 5.41) is 2.29. The van der Waals surface area contributed by atoms with Crippen molar-refractivity contribution in [3.8, 4) is 5.75 Å².